The molecule has 3 aromatic rings. The van der Waals surface area contributed by atoms with Crippen molar-refractivity contribution in [1.29, 1.82) is 5.26 Å². The van der Waals surface area contributed by atoms with Gasteiger partial charge >= 0.3 is 6.09 Å². The largest absolute Gasteiger partial charge is 0.465 e. The molecule has 0 bridgehead atoms. The number of carboxylic acid groups (broad SMARTS) is 1. The molecule has 4 rings (SSSR count). The van der Waals surface area contributed by atoms with Crippen LogP contribution in [-0.2, 0) is 0 Å². The zero-order valence-electron chi connectivity index (χ0n) is 20.1. The predicted molar refractivity (Wildman–Crippen MR) is 136 cm³/mol. The summed E-state index contributed by atoms with van der Waals surface area (Å²) in [6, 6.07) is 18.5. The Morgan fingerprint density at radius 2 is 1.34 bits per heavy atom. The van der Waals surface area contributed by atoms with E-state index in [9.17, 15) is 19.7 Å². The minimum atomic E-state index is -1.06. The van der Waals surface area contributed by atoms with Crippen molar-refractivity contribution in [3.05, 3.63) is 88.0 Å². The first-order valence-corrected chi connectivity index (χ1v) is 11.8. The molecule has 11 nitrogen and oxygen atoms in total. The molecular formula is C27H24N4O7. The molecule has 0 aliphatic heterocycles. The smallest absolute Gasteiger partial charge is 0.404 e. The quantitative estimate of drug-likeness (QED) is 0.266. The highest BCUT2D eigenvalue weighted by Gasteiger charge is 2.24. The standard InChI is InChI=1S/C27H24N4O7/c28-16-17-1-9-22(10-2-17)37-24-13-18(26(32)29-19-3-5-20(6-4-19)30-27(33)34)14-25(15-24)38-23-11-7-21(8-12-23)31(35)36/h1-2,7-15,19-20,30H,3-6H2,(H,29,32)(H,33,34). The molecule has 0 radical (unpaired) electrons. The molecule has 194 valence electrons. The lowest BCUT2D eigenvalue weighted by Crippen LogP contribution is -2.43. The fraction of sp³-hybridized carbons (Fsp3) is 0.222. The number of nitriles is 1. The van der Waals surface area contributed by atoms with E-state index in [0.717, 1.165) is 0 Å². The molecule has 3 N–H and O–H groups in total. The van der Waals surface area contributed by atoms with Gasteiger partial charge in [-0.15, -0.1) is 0 Å². The molecule has 0 saturated heterocycles. The van der Waals surface area contributed by atoms with Crippen LogP contribution in [0, 0.1) is 21.4 Å². The molecule has 0 aromatic heterocycles. The first-order chi connectivity index (χ1) is 18.3. The van der Waals surface area contributed by atoms with Gasteiger partial charge in [-0.2, -0.15) is 5.26 Å². The third kappa shape index (κ3) is 6.98. The number of nitro groups is 1. The van der Waals surface area contributed by atoms with Crippen molar-refractivity contribution in [3.63, 3.8) is 0 Å². The average molecular weight is 517 g/mol. The number of nitrogens with zero attached hydrogens (tertiary/aromatic N) is 2. The molecule has 0 atom stereocenters. The van der Waals surface area contributed by atoms with E-state index in [-0.39, 0.29) is 35.0 Å². The number of ether oxygens (including phenoxy) is 2. The van der Waals surface area contributed by atoms with Crippen molar-refractivity contribution in [2.45, 2.75) is 37.8 Å². The topological polar surface area (TPSA) is 164 Å². The number of non-ortho nitro benzene ring substituents is 1. The van der Waals surface area contributed by atoms with Crippen LogP contribution >= 0.6 is 0 Å². The van der Waals surface area contributed by atoms with E-state index >= 15 is 0 Å². The van der Waals surface area contributed by atoms with Gasteiger partial charge in [0, 0.05) is 35.8 Å². The molecule has 2 amide bonds. The van der Waals surface area contributed by atoms with Crippen LogP contribution in [0.1, 0.15) is 41.6 Å². The summed E-state index contributed by atoms with van der Waals surface area (Å²) < 4.78 is 11.8. The number of nitro benzene ring substituents is 1. The third-order valence-corrected chi connectivity index (χ3v) is 6.03. The van der Waals surface area contributed by atoms with Gasteiger partial charge in [-0.3, -0.25) is 14.9 Å². The summed E-state index contributed by atoms with van der Waals surface area (Å²) in [4.78, 5) is 34.4. The molecule has 1 fully saturated rings. The molecular weight excluding hydrogens is 492 g/mol. The SMILES string of the molecule is N#Cc1ccc(Oc2cc(Oc3ccc([N+](=O)[O-])cc3)cc(C(=O)NC3CCC(NC(=O)O)CC3)c2)cc1. The summed E-state index contributed by atoms with van der Waals surface area (Å²) >= 11 is 0. The van der Waals surface area contributed by atoms with Crippen LogP contribution in [0.3, 0.4) is 0 Å². The normalized spacial score (nSPS) is 16.5. The highest BCUT2D eigenvalue weighted by atomic mass is 16.6. The number of rotatable bonds is 8. The molecule has 1 aliphatic carbocycles. The Kier molecular flexibility index (Phi) is 8.03. The lowest BCUT2D eigenvalue weighted by atomic mass is 9.91. The van der Waals surface area contributed by atoms with Crippen molar-refractivity contribution < 1.29 is 29.1 Å². The maximum Gasteiger partial charge on any atom is 0.404 e. The summed E-state index contributed by atoms with van der Waals surface area (Å²) in [5.41, 5.74) is 0.670. The third-order valence-electron chi connectivity index (χ3n) is 6.03. The molecule has 38 heavy (non-hydrogen) atoms. The summed E-state index contributed by atoms with van der Waals surface area (Å²) in [5.74, 6) is 1.03. The average Bonchev–Trinajstić information content (AvgIpc) is 2.90. The number of carbonyl (C=O) groups excluding carboxylic acids is 1. The molecule has 0 spiro atoms. The summed E-state index contributed by atoms with van der Waals surface area (Å²) in [5, 5.41) is 34.3. The van der Waals surface area contributed by atoms with E-state index in [1.54, 1.807) is 42.5 Å². The van der Waals surface area contributed by atoms with Gasteiger partial charge < -0.3 is 25.2 Å². The van der Waals surface area contributed by atoms with Gasteiger partial charge in [0.1, 0.15) is 23.0 Å². The predicted octanol–water partition coefficient (Wildman–Crippen LogP) is 5.36. The lowest BCUT2D eigenvalue weighted by molar-refractivity contribution is -0.384. The number of benzene rings is 3. The van der Waals surface area contributed by atoms with Gasteiger partial charge in [0.15, 0.2) is 0 Å². The Morgan fingerprint density at radius 1 is 0.842 bits per heavy atom. The Labute approximate surface area is 217 Å². The van der Waals surface area contributed by atoms with Crippen LogP contribution < -0.4 is 20.1 Å². The zero-order chi connectivity index (χ0) is 27.1. The van der Waals surface area contributed by atoms with Gasteiger partial charge in [0.2, 0.25) is 0 Å². The van der Waals surface area contributed by atoms with Crippen molar-refractivity contribution in [2.75, 3.05) is 0 Å². The molecule has 3 aromatic carbocycles. The van der Waals surface area contributed by atoms with Gasteiger partial charge in [-0.1, -0.05) is 0 Å². The minimum Gasteiger partial charge on any atom is -0.465 e. The Bertz CT molecular complexity index is 1360. The molecule has 1 saturated carbocycles. The molecule has 0 unspecified atom stereocenters. The highest BCUT2D eigenvalue weighted by Crippen LogP contribution is 2.31. The number of amides is 2. The van der Waals surface area contributed by atoms with E-state index in [1.807, 2.05) is 6.07 Å². The number of carbonyl (C=O) groups is 2. The van der Waals surface area contributed by atoms with Crippen molar-refractivity contribution in [1.82, 2.24) is 10.6 Å². The maximum absolute atomic E-state index is 13.1. The second-order valence-corrected chi connectivity index (χ2v) is 8.76. The van der Waals surface area contributed by atoms with E-state index in [2.05, 4.69) is 10.6 Å². The monoisotopic (exact) mass is 516 g/mol. The van der Waals surface area contributed by atoms with Crippen LogP contribution in [0.4, 0.5) is 10.5 Å². The van der Waals surface area contributed by atoms with Gasteiger partial charge in [-0.05, 0) is 74.2 Å². The van der Waals surface area contributed by atoms with Crippen LogP contribution in [0.2, 0.25) is 0 Å². The molecule has 1 aliphatic rings. The van der Waals surface area contributed by atoms with Crippen LogP contribution in [0.15, 0.2) is 66.7 Å². The van der Waals surface area contributed by atoms with E-state index < -0.39 is 11.0 Å². The maximum atomic E-state index is 13.1. The first-order valence-electron chi connectivity index (χ1n) is 11.8. The number of hydrogen-bond donors (Lipinski definition) is 3. The van der Waals surface area contributed by atoms with Crippen LogP contribution in [-0.4, -0.2) is 34.1 Å². The zero-order valence-corrected chi connectivity index (χ0v) is 20.1. The second-order valence-electron chi connectivity index (χ2n) is 8.76. The first kappa shape index (κ1) is 26.0. The lowest BCUT2D eigenvalue weighted by Gasteiger charge is -2.29. The Balaban J connectivity index is 1.53. The van der Waals surface area contributed by atoms with E-state index in [1.165, 1.54) is 24.3 Å². The van der Waals surface area contributed by atoms with E-state index in [4.69, 9.17) is 19.8 Å². The van der Waals surface area contributed by atoms with Gasteiger partial charge in [-0.25, -0.2) is 4.79 Å². The Hall–Kier alpha value is -5.11. The fourth-order valence-electron chi connectivity index (χ4n) is 4.15. The van der Waals surface area contributed by atoms with E-state index in [0.29, 0.717) is 48.5 Å². The van der Waals surface area contributed by atoms with Crippen molar-refractivity contribution in [2.24, 2.45) is 0 Å². The van der Waals surface area contributed by atoms with Gasteiger partial charge in [0.05, 0.1) is 16.6 Å². The summed E-state index contributed by atoms with van der Waals surface area (Å²) in [7, 11) is 0. The van der Waals surface area contributed by atoms with Crippen LogP contribution in [0.25, 0.3) is 0 Å². The summed E-state index contributed by atoms with van der Waals surface area (Å²) in [6.07, 6.45) is 1.44. The summed E-state index contributed by atoms with van der Waals surface area (Å²) in [6.45, 7) is 0. The minimum absolute atomic E-state index is 0.0800. The van der Waals surface area contributed by atoms with Crippen molar-refractivity contribution >= 4 is 17.7 Å². The number of hydrogen-bond acceptors (Lipinski definition) is 7. The molecule has 11 heteroatoms. The Morgan fingerprint density at radius 3 is 1.82 bits per heavy atom. The number of nitrogens with one attached hydrogen (secondary N) is 2. The fourth-order valence-corrected chi connectivity index (χ4v) is 4.15. The molecule has 0 heterocycles. The van der Waals surface area contributed by atoms with Crippen LogP contribution in [0.5, 0.6) is 23.0 Å². The highest BCUT2D eigenvalue weighted by molar-refractivity contribution is 5.95. The van der Waals surface area contributed by atoms with Gasteiger partial charge in [0.25, 0.3) is 11.6 Å². The van der Waals surface area contributed by atoms with Crippen molar-refractivity contribution in [3.8, 4) is 29.1 Å². The second kappa shape index (κ2) is 11.7.